The molecule has 1 fully saturated rings. The van der Waals surface area contributed by atoms with Gasteiger partial charge in [-0.25, -0.2) is 4.98 Å². The first-order chi connectivity index (χ1) is 8.81. The molecule has 0 unspecified atom stereocenters. The van der Waals surface area contributed by atoms with Crippen LogP contribution in [0, 0.1) is 0 Å². The summed E-state index contributed by atoms with van der Waals surface area (Å²) < 4.78 is 5.31. The van der Waals surface area contributed by atoms with E-state index in [1.807, 2.05) is 12.1 Å². The molecule has 0 aliphatic carbocycles. The zero-order valence-corrected chi connectivity index (χ0v) is 12.7. The van der Waals surface area contributed by atoms with Crippen molar-refractivity contribution in [2.45, 2.75) is 6.42 Å². The Balaban J connectivity index is 0.00000180. The molecule has 0 atom stereocenters. The molecule has 3 N–H and O–H groups in total. The van der Waals surface area contributed by atoms with E-state index in [1.54, 1.807) is 6.20 Å². The SMILES string of the molecule is Cl.Cl.NCCC(=O)Nc1cccnc1N1CCOCC1. The fourth-order valence-corrected chi connectivity index (χ4v) is 1.87. The minimum Gasteiger partial charge on any atom is -0.378 e. The first kappa shape index (κ1) is 18.9. The van der Waals surface area contributed by atoms with Crippen LogP contribution in [0.5, 0.6) is 0 Å². The molecule has 114 valence electrons. The van der Waals surface area contributed by atoms with Gasteiger partial charge in [0, 0.05) is 32.3 Å². The molecule has 0 saturated carbocycles. The van der Waals surface area contributed by atoms with Crippen LogP contribution >= 0.6 is 24.8 Å². The van der Waals surface area contributed by atoms with Crippen LogP contribution < -0.4 is 16.0 Å². The highest BCUT2D eigenvalue weighted by atomic mass is 35.5. The first-order valence-corrected chi connectivity index (χ1v) is 6.09. The van der Waals surface area contributed by atoms with Crippen molar-refractivity contribution in [3.8, 4) is 0 Å². The summed E-state index contributed by atoms with van der Waals surface area (Å²) in [5, 5.41) is 2.84. The van der Waals surface area contributed by atoms with Crippen molar-refractivity contribution >= 4 is 42.2 Å². The highest BCUT2D eigenvalue weighted by Gasteiger charge is 2.16. The van der Waals surface area contributed by atoms with Crippen LogP contribution in [0.2, 0.25) is 0 Å². The number of ether oxygens (including phenoxy) is 1. The zero-order chi connectivity index (χ0) is 12.8. The summed E-state index contributed by atoms with van der Waals surface area (Å²) in [6.45, 7) is 3.30. The van der Waals surface area contributed by atoms with E-state index in [0.29, 0.717) is 26.2 Å². The standard InChI is InChI=1S/C12H18N4O2.2ClH/c13-4-3-11(17)15-10-2-1-5-14-12(10)16-6-8-18-9-7-16;;/h1-2,5H,3-4,6-9,13H2,(H,15,17);2*1H. The summed E-state index contributed by atoms with van der Waals surface area (Å²) in [4.78, 5) is 18.0. The van der Waals surface area contributed by atoms with E-state index in [2.05, 4.69) is 15.2 Å². The maximum Gasteiger partial charge on any atom is 0.225 e. The second-order valence-corrected chi connectivity index (χ2v) is 4.06. The van der Waals surface area contributed by atoms with Gasteiger partial charge in [-0.3, -0.25) is 4.79 Å². The Kier molecular flexibility index (Phi) is 9.24. The van der Waals surface area contributed by atoms with E-state index in [4.69, 9.17) is 10.5 Å². The van der Waals surface area contributed by atoms with Gasteiger partial charge >= 0.3 is 0 Å². The first-order valence-electron chi connectivity index (χ1n) is 6.09. The van der Waals surface area contributed by atoms with Gasteiger partial charge in [0.05, 0.1) is 18.9 Å². The quantitative estimate of drug-likeness (QED) is 0.866. The third kappa shape index (κ3) is 5.13. The number of hydrogen-bond acceptors (Lipinski definition) is 5. The Morgan fingerprint density at radius 3 is 2.75 bits per heavy atom. The number of morpholine rings is 1. The van der Waals surface area contributed by atoms with E-state index in [1.165, 1.54) is 0 Å². The number of carbonyl (C=O) groups excluding carboxylic acids is 1. The third-order valence-electron chi connectivity index (χ3n) is 2.74. The lowest BCUT2D eigenvalue weighted by atomic mass is 10.3. The summed E-state index contributed by atoms with van der Waals surface area (Å²) in [5.74, 6) is 0.714. The second-order valence-electron chi connectivity index (χ2n) is 4.06. The monoisotopic (exact) mass is 322 g/mol. The molecule has 2 rings (SSSR count). The molecule has 0 radical (unpaired) electrons. The van der Waals surface area contributed by atoms with E-state index in [9.17, 15) is 4.79 Å². The van der Waals surface area contributed by atoms with Gasteiger partial charge in [-0.1, -0.05) is 0 Å². The van der Waals surface area contributed by atoms with Crippen LogP contribution in [-0.4, -0.2) is 43.7 Å². The van der Waals surface area contributed by atoms with Crippen molar-refractivity contribution in [3.63, 3.8) is 0 Å². The largest absolute Gasteiger partial charge is 0.378 e. The molecule has 0 aromatic carbocycles. The van der Waals surface area contributed by atoms with Crippen molar-refractivity contribution < 1.29 is 9.53 Å². The molecule has 1 saturated heterocycles. The number of hydrogen-bond donors (Lipinski definition) is 2. The van der Waals surface area contributed by atoms with Crippen molar-refractivity contribution in [1.29, 1.82) is 0 Å². The number of nitrogens with one attached hydrogen (secondary N) is 1. The van der Waals surface area contributed by atoms with E-state index < -0.39 is 0 Å². The summed E-state index contributed by atoms with van der Waals surface area (Å²) in [7, 11) is 0. The lowest BCUT2D eigenvalue weighted by Gasteiger charge is -2.29. The normalized spacial score (nSPS) is 13.9. The molecule has 0 spiro atoms. The number of anilines is 2. The lowest BCUT2D eigenvalue weighted by molar-refractivity contribution is -0.116. The van der Waals surface area contributed by atoms with Gasteiger partial charge in [-0.2, -0.15) is 0 Å². The number of amides is 1. The van der Waals surface area contributed by atoms with Crippen molar-refractivity contribution in [2.75, 3.05) is 43.1 Å². The molecule has 20 heavy (non-hydrogen) atoms. The van der Waals surface area contributed by atoms with Crippen LogP contribution in [0.3, 0.4) is 0 Å². The van der Waals surface area contributed by atoms with Gasteiger partial charge in [-0.05, 0) is 12.1 Å². The van der Waals surface area contributed by atoms with Crippen LogP contribution in [0.15, 0.2) is 18.3 Å². The Hall–Kier alpha value is -1.08. The molecule has 1 aromatic heterocycles. The second kappa shape index (κ2) is 9.77. The smallest absolute Gasteiger partial charge is 0.225 e. The number of pyridine rings is 1. The minimum absolute atomic E-state index is 0. The van der Waals surface area contributed by atoms with Gasteiger partial charge in [0.15, 0.2) is 5.82 Å². The highest BCUT2D eigenvalue weighted by Crippen LogP contribution is 2.23. The molecule has 6 nitrogen and oxygen atoms in total. The molecule has 0 bridgehead atoms. The van der Waals surface area contributed by atoms with Crippen LogP contribution in [0.1, 0.15) is 6.42 Å². The van der Waals surface area contributed by atoms with E-state index in [-0.39, 0.29) is 30.7 Å². The van der Waals surface area contributed by atoms with Crippen LogP contribution in [0.25, 0.3) is 0 Å². The van der Waals surface area contributed by atoms with Crippen LogP contribution in [0.4, 0.5) is 11.5 Å². The van der Waals surface area contributed by atoms with Gasteiger partial charge in [0.2, 0.25) is 5.91 Å². The fraction of sp³-hybridized carbons (Fsp3) is 0.500. The fourth-order valence-electron chi connectivity index (χ4n) is 1.87. The number of halogens is 2. The van der Waals surface area contributed by atoms with Gasteiger partial charge in [0.25, 0.3) is 0 Å². The number of aromatic nitrogens is 1. The van der Waals surface area contributed by atoms with Crippen LogP contribution in [-0.2, 0) is 9.53 Å². The topological polar surface area (TPSA) is 80.5 Å². The van der Waals surface area contributed by atoms with Crippen molar-refractivity contribution in [2.24, 2.45) is 5.73 Å². The molecule has 1 aromatic rings. The summed E-state index contributed by atoms with van der Waals surface area (Å²) in [6, 6.07) is 3.66. The molecule has 1 aliphatic heterocycles. The van der Waals surface area contributed by atoms with Gasteiger partial charge in [0.1, 0.15) is 0 Å². The molecule has 2 heterocycles. The Bertz CT molecular complexity index is 414. The highest BCUT2D eigenvalue weighted by molar-refractivity contribution is 5.93. The molecule has 8 heteroatoms. The Morgan fingerprint density at radius 1 is 1.40 bits per heavy atom. The maximum atomic E-state index is 11.6. The molecular weight excluding hydrogens is 303 g/mol. The predicted octanol–water partition coefficient (Wildman–Crippen LogP) is 1.05. The average molecular weight is 323 g/mol. The summed E-state index contributed by atoms with van der Waals surface area (Å²) in [6.07, 6.45) is 2.04. The predicted molar refractivity (Wildman–Crippen MR) is 84.1 cm³/mol. The van der Waals surface area contributed by atoms with Crippen molar-refractivity contribution in [3.05, 3.63) is 18.3 Å². The van der Waals surface area contributed by atoms with Crippen molar-refractivity contribution in [1.82, 2.24) is 4.98 Å². The number of nitrogens with zero attached hydrogens (tertiary/aromatic N) is 2. The number of carbonyl (C=O) groups is 1. The Labute approximate surface area is 130 Å². The van der Waals surface area contributed by atoms with E-state index in [0.717, 1.165) is 24.6 Å². The third-order valence-corrected chi connectivity index (χ3v) is 2.74. The lowest BCUT2D eigenvalue weighted by Crippen LogP contribution is -2.37. The average Bonchev–Trinajstić information content (AvgIpc) is 2.40. The zero-order valence-electron chi connectivity index (χ0n) is 11.1. The summed E-state index contributed by atoms with van der Waals surface area (Å²) >= 11 is 0. The van der Waals surface area contributed by atoms with Gasteiger partial charge in [-0.15, -0.1) is 24.8 Å². The minimum atomic E-state index is -0.0833. The van der Waals surface area contributed by atoms with Gasteiger partial charge < -0.3 is 20.7 Å². The van der Waals surface area contributed by atoms with E-state index >= 15 is 0 Å². The number of rotatable bonds is 4. The maximum absolute atomic E-state index is 11.6. The molecule has 1 amide bonds. The molecule has 1 aliphatic rings. The number of nitrogens with two attached hydrogens (primary N) is 1. The molecular formula is C12H20Cl2N4O2. The summed E-state index contributed by atoms with van der Waals surface area (Å²) in [5.41, 5.74) is 6.09. The Morgan fingerprint density at radius 2 is 2.10 bits per heavy atom.